The molecule has 1 aliphatic heterocycles. The molecule has 1 unspecified atom stereocenters. The average molecular weight is 298 g/mol. The number of aliphatic carboxylic acids is 1. The number of hydrogen-bond acceptors (Lipinski definition) is 2. The summed E-state index contributed by atoms with van der Waals surface area (Å²) in [7, 11) is 0. The molecule has 1 amide bonds. The van der Waals surface area contributed by atoms with Crippen LogP contribution in [0.5, 0.6) is 0 Å². The van der Waals surface area contributed by atoms with Crippen molar-refractivity contribution in [3.8, 4) is 0 Å². The van der Waals surface area contributed by atoms with E-state index in [0.717, 1.165) is 15.7 Å². The Hall–Kier alpha value is -1.36. The fourth-order valence-corrected chi connectivity index (χ4v) is 2.50. The van der Waals surface area contributed by atoms with E-state index in [1.54, 1.807) is 4.90 Å². The van der Waals surface area contributed by atoms with E-state index < -0.39 is 11.9 Å². The Labute approximate surface area is 107 Å². The molecule has 0 radical (unpaired) electrons. The molecule has 1 fully saturated rings. The van der Waals surface area contributed by atoms with Crippen molar-refractivity contribution in [1.82, 2.24) is 0 Å². The smallest absolute Gasteiger partial charge is 0.308 e. The Morgan fingerprint density at radius 3 is 2.76 bits per heavy atom. The quantitative estimate of drug-likeness (QED) is 0.910. The Bertz CT molecular complexity index is 487. The topological polar surface area (TPSA) is 57.6 Å². The van der Waals surface area contributed by atoms with Gasteiger partial charge in [0, 0.05) is 23.1 Å². The molecule has 1 saturated heterocycles. The molecule has 1 aliphatic rings. The Kier molecular flexibility index (Phi) is 3.19. The van der Waals surface area contributed by atoms with Crippen LogP contribution in [0.2, 0.25) is 0 Å². The van der Waals surface area contributed by atoms with Crippen molar-refractivity contribution in [2.45, 2.75) is 13.3 Å². The molecule has 5 heteroatoms. The SMILES string of the molecule is Cc1cc(Br)ccc1N1CC(C(=O)O)CC1=O. The van der Waals surface area contributed by atoms with Crippen molar-refractivity contribution >= 4 is 33.5 Å². The Morgan fingerprint density at radius 1 is 1.53 bits per heavy atom. The van der Waals surface area contributed by atoms with Gasteiger partial charge in [-0.1, -0.05) is 15.9 Å². The first-order chi connectivity index (χ1) is 7.99. The molecular weight excluding hydrogens is 286 g/mol. The van der Waals surface area contributed by atoms with Crippen molar-refractivity contribution < 1.29 is 14.7 Å². The van der Waals surface area contributed by atoms with Crippen LogP contribution in [0.15, 0.2) is 22.7 Å². The Balaban J connectivity index is 2.29. The fraction of sp³-hybridized carbons (Fsp3) is 0.333. The van der Waals surface area contributed by atoms with Crippen LogP contribution in [0.1, 0.15) is 12.0 Å². The molecular formula is C12H12BrNO3. The largest absolute Gasteiger partial charge is 0.481 e. The second-order valence-corrected chi connectivity index (χ2v) is 5.09. The summed E-state index contributed by atoms with van der Waals surface area (Å²) in [5.74, 6) is -1.62. The lowest BCUT2D eigenvalue weighted by molar-refractivity contribution is -0.141. The molecule has 1 N–H and O–H groups in total. The lowest BCUT2D eigenvalue weighted by Crippen LogP contribution is -2.26. The van der Waals surface area contributed by atoms with Gasteiger partial charge in [0.05, 0.1) is 5.92 Å². The van der Waals surface area contributed by atoms with Gasteiger partial charge in [0.25, 0.3) is 0 Å². The van der Waals surface area contributed by atoms with Crippen LogP contribution in [0, 0.1) is 12.8 Å². The first-order valence-corrected chi connectivity index (χ1v) is 6.07. The van der Waals surface area contributed by atoms with E-state index in [9.17, 15) is 9.59 Å². The first kappa shape index (κ1) is 12.1. The summed E-state index contributed by atoms with van der Waals surface area (Å²) < 4.78 is 0.945. The minimum atomic E-state index is -0.907. The fourth-order valence-electron chi connectivity index (χ4n) is 2.03. The van der Waals surface area contributed by atoms with Gasteiger partial charge in [-0.2, -0.15) is 0 Å². The van der Waals surface area contributed by atoms with E-state index >= 15 is 0 Å². The normalized spacial score (nSPS) is 19.8. The molecule has 0 bridgehead atoms. The van der Waals surface area contributed by atoms with E-state index in [4.69, 9.17) is 5.11 Å². The summed E-state index contributed by atoms with van der Waals surface area (Å²) >= 11 is 3.36. The van der Waals surface area contributed by atoms with Crippen LogP contribution < -0.4 is 4.90 Å². The zero-order valence-corrected chi connectivity index (χ0v) is 10.9. The first-order valence-electron chi connectivity index (χ1n) is 5.28. The number of halogens is 1. The molecule has 2 rings (SSSR count). The molecule has 0 aliphatic carbocycles. The lowest BCUT2D eigenvalue weighted by Gasteiger charge is -2.18. The van der Waals surface area contributed by atoms with Crippen LogP contribution in [0.4, 0.5) is 5.69 Å². The summed E-state index contributed by atoms with van der Waals surface area (Å²) in [5, 5.41) is 8.92. The number of anilines is 1. The molecule has 0 saturated carbocycles. The van der Waals surface area contributed by atoms with Gasteiger partial charge in [0.1, 0.15) is 0 Å². The predicted octanol–water partition coefficient (Wildman–Crippen LogP) is 2.20. The highest BCUT2D eigenvalue weighted by Gasteiger charge is 2.35. The summed E-state index contributed by atoms with van der Waals surface area (Å²) in [6.07, 6.45) is 0.0881. The van der Waals surface area contributed by atoms with Crippen molar-refractivity contribution in [1.29, 1.82) is 0 Å². The molecule has 1 heterocycles. The predicted molar refractivity (Wildman–Crippen MR) is 67.0 cm³/mol. The van der Waals surface area contributed by atoms with E-state index in [1.165, 1.54) is 0 Å². The van der Waals surface area contributed by atoms with Crippen LogP contribution >= 0.6 is 15.9 Å². The van der Waals surface area contributed by atoms with Gasteiger partial charge in [0.2, 0.25) is 5.91 Å². The van der Waals surface area contributed by atoms with Gasteiger partial charge in [-0.3, -0.25) is 9.59 Å². The summed E-state index contributed by atoms with van der Waals surface area (Å²) in [6.45, 7) is 2.16. The van der Waals surface area contributed by atoms with Crippen molar-refractivity contribution in [3.05, 3.63) is 28.2 Å². The van der Waals surface area contributed by atoms with Crippen LogP contribution in [-0.2, 0) is 9.59 Å². The molecule has 1 aromatic carbocycles. The maximum atomic E-state index is 11.8. The van der Waals surface area contributed by atoms with E-state index in [0.29, 0.717) is 0 Å². The third-order valence-corrected chi connectivity index (χ3v) is 3.42. The third-order valence-electron chi connectivity index (χ3n) is 2.92. The highest BCUT2D eigenvalue weighted by molar-refractivity contribution is 9.10. The molecule has 17 heavy (non-hydrogen) atoms. The van der Waals surface area contributed by atoms with Crippen LogP contribution in [0.3, 0.4) is 0 Å². The molecule has 1 aromatic rings. The number of carboxylic acid groups (broad SMARTS) is 1. The summed E-state index contributed by atoms with van der Waals surface area (Å²) in [4.78, 5) is 24.2. The van der Waals surface area contributed by atoms with Crippen molar-refractivity contribution in [2.75, 3.05) is 11.4 Å². The number of carbonyl (C=O) groups is 2. The average Bonchev–Trinajstić information content (AvgIpc) is 2.61. The van der Waals surface area contributed by atoms with Gasteiger partial charge >= 0.3 is 5.97 Å². The van der Waals surface area contributed by atoms with Crippen molar-refractivity contribution in [2.24, 2.45) is 5.92 Å². The monoisotopic (exact) mass is 297 g/mol. The van der Waals surface area contributed by atoms with Gasteiger partial charge in [-0.05, 0) is 30.7 Å². The number of carbonyl (C=O) groups excluding carboxylic acids is 1. The van der Waals surface area contributed by atoms with Gasteiger partial charge in [-0.25, -0.2) is 0 Å². The number of benzene rings is 1. The van der Waals surface area contributed by atoms with Crippen LogP contribution in [0.25, 0.3) is 0 Å². The minimum Gasteiger partial charge on any atom is -0.481 e. The molecule has 90 valence electrons. The number of rotatable bonds is 2. The minimum absolute atomic E-state index is 0.0881. The lowest BCUT2D eigenvalue weighted by atomic mass is 10.1. The molecule has 0 aromatic heterocycles. The third kappa shape index (κ3) is 2.34. The van der Waals surface area contributed by atoms with Gasteiger partial charge in [0.15, 0.2) is 0 Å². The van der Waals surface area contributed by atoms with E-state index in [-0.39, 0.29) is 18.9 Å². The van der Waals surface area contributed by atoms with Crippen LogP contribution in [-0.4, -0.2) is 23.5 Å². The summed E-state index contributed by atoms with van der Waals surface area (Å²) in [5.41, 5.74) is 1.75. The number of amides is 1. The maximum absolute atomic E-state index is 11.8. The Morgan fingerprint density at radius 2 is 2.24 bits per heavy atom. The number of nitrogens with zero attached hydrogens (tertiary/aromatic N) is 1. The highest BCUT2D eigenvalue weighted by Crippen LogP contribution is 2.29. The standard InChI is InChI=1S/C12H12BrNO3/c1-7-4-9(13)2-3-10(7)14-6-8(12(16)17)5-11(14)15/h2-4,8H,5-6H2,1H3,(H,16,17). The molecule has 4 nitrogen and oxygen atoms in total. The van der Waals surface area contributed by atoms with Gasteiger partial charge < -0.3 is 10.0 Å². The van der Waals surface area contributed by atoms with Gasteiger partial charge in [-0.15, -0.1) is 0 Å². The molecule has 1 atom stereocenters. The molecule has 0 spiro atoms. The van der Waals surface area contributed by atoms with Crippen molar-refractivity contribution in [3.63, 3.8) is 0 Å². The number of aryl methyl sites for hydroxylation is 1. The highest BCUT2D eigenvalue weighted by atomic mass is 79.9. The number of carboxylic acids is 1. The zero-order valence-electron chi connectivity index (χ0n) is 9.31. The second kappa shape index (κ2) is 4.49. The zero-order chi connectivity index (χ0) is 12.6. The second-order valence-electron chi connectivity index (χ2n) is 4.17. The summed E-state index contributed by atoms with van der Waals surface area (Å²) in [6, 6.07) is 5.60. The van der Waals surface area contributed by atoms with E-state index in [1.807, 2.05) is 25.1 Å². The van der Waals surface area contributed by atoms with E-state index in [2.05, 4.69) is 15.9 Å². The number of hydrogen-bond donors (Lipinski definition) is 1. The maximum Gasteiger partial charge on any atom is 0.308 e.